The van der Waals surface area contributed by atoms with Gasteiger partial charge in [-0.3, -0.25) is 4.79 Å². The standard InChI is InChI=1S/C16H17BrN2O/c1-11(13-8-5-9-14(17)10-13)19-16(20)15(18)12-6-3-2-4-7-12/h2-11,15H,18H2,1H3,(H,19,20)/t11-,15-/m1/s1. The molecule has 0 unspecified atom stereocenters. The third-order valence-electron chi connectivity index (χ3n) is 3.15. The van der Waals surface area contributed by atoms with Crippen molar-refractivity contribution in [2.75, 3.05) is 0 Å². The van der Waals surface area contributed by atoms with Gasteiger partial charge in [-0.15, -0.1) is 0 Å². The maximum absolute atomic E-state index is 12.2. The summed E-state index contributed by atoms with van der Waals surface area (Å²) in [5.74, 6) is -0.177. The van der Waals surface area contributed by atoms with Gasteiger partial charge in [-0.05, 0) is 30.2 Å². The van der Waals surface area contributed by atoms with E-state index in [0.717, 1.165) is 15.6 Å². The monoisotopic (exact) mass is 332 g/mol. The lowest BCUT2D eigenvalue weighted by molar-refractivity contribution is -0.123. The molecule has 2 rings (SSSR count). The Hall–Kier alpha value is -1.65. The van der Waals surface area contributed by atoms with Crippen LogP contribution >= 0.6 is 15.9 Å². The van der Waals surface area contributed by atoms with Gasteiger partial charge in [-0.2, -0.15) is 0 Å². The summed E-state index contributed by atoms with van der Waals surface area (Å²) in [5, 5.41) is 2.94. The Morgan fingerprint density at radius 3 is 2.40 bits per heavy atom. The Kier molecular flexibility index (Phi) is 4.93. The summed E-state index contributed by atoms with van der Waals surface area (Å²) < 4.78 is 0.989. The summed E-state index contributed by atoms with van der Waals surface area (Å²) in [6.45, 7) is 1.94. The second-order valence-corrected chi connectivity index (χ2v) is 5.59. The van der Waals surface area contributed by atoms with E-state index in [9.17, 15) is 4.79 Å². The Balaban J connectivity index is 2.04. The third kappa shape index (κ3) is 3.68. The van der Waals surface area contributed by atoms with Crippen molar-refractivity contribution in [2.24, 2.45) is 5.73 Å². The number of hydrogen-bond donors (Lipinski definition) is 2. The molecule has 0 aromatic heterocycles. The topological polar surface area (TPSA) is 55.1 Å². The zero-order valence-electron chi connectivity index (χ0n) is 11.2. The van der Waals surface area contributed by atoms with Crippen LogP contribution in [-0.2, 0) is 4.79 Å². The third-order valence-corrected chi connectivity index (χ3v) is 3.64. The van der Waals surface area contributed by atoms with Gasteiger partial charge >= 0.3 is 0 Å². The number of rotatable bonds is 4. The number of benzene rings is 2. The average molecular weight is 333 g/mol. The van der Waals surface area contributed by atoms with E-state index >= 15 is 0 Å². The lowest BCUT2D eigenvalue weighted by Crippen LogP contribution is -2.35. The molecule has 3 nitrogen and oxygen atoms in total. The summed E-state index contributed by atoms with van der Waals surface area (Å²) in [6, 6.07) is 16.5. The molecule has 0 heterocycles. The lowest BCUT2D eigenvalue weighted by Gasteiger charge is -2.18. The van der Waals surface area contributed by atoms with Gasteiger partial charge < -0.3 is 11.1 Å². The molecule has 0 fully saturated rings. The zero-order chi connectivity index (χ0) is 14.5. The first-order chi connectivity index (χ1) is 9.58. The molecule has 0 bridgehead atoms. The molecule has 2 aromatic rings. The Bertz CT molecular complexity index is 586. The van der Waals surface area contributed by atoms with Crippen LogP contribution in [0.15, 0.2) is 59.1 Å². The largest absolute Gasteiger partial charge is 0.348 e. The first kappa shape index (κ1) is 14.8. The van der Waals surface area contributed by atoms with E-state index in [-0.39, 0.29) is 11.9 Å². The molecular weight excluding hydrogens is 316 g/mol. The van der Waals surface area contributed by atoms with Gasteiger partial charge in [0.15, 0.2) is 0 Å². The Morgan fingerprint density at radius 2 is 1.75 bits per heavy atom. The molecule has 3 N–H and O–H groups in total. The number of hydrogen-bond acceptors (Lipinski definition) is 2. The van der Waals surface area contributed by atoms with Crippen LogP contribution in [-0.4, -0.2) is 5.91 Å². The van der Waals surface area contributed by atoms with Crippen molar-refractivity contribution < 1.29 is 4.79 Å². The van der Waals surface area contributed by atoms with Gasteiger partial charge in [0.1, 0.15) is 6.04 Å². The molecule has 0 aliphatic carbocycles. The summed E-state index contributed by atoms with van der Waals surface area (Å²) >= 11 is 3.42. The SMILES string of the molecule is C[C@@H](NC(=O)[C@H](N)c1ccccc1)c1cccc(Br)c1. The van der Waals surface area contributed by atoms with E-state index in [0.29, 0.717) is 0 Å². The molecule has 104 valence electrons. The second kappa shape index (κ2) is 6.68. The summed E-state index contributed by atoms with van der Waals surface area (Å²) in [7, 11) is 0. The van der Waals surface area contributed by atoms with Crippen molar-refractivity contribution in [3.05, 3.63) is 70.2 Å². The van der Waals surface area contributed by atoms with Crippen LogP contribution in [0.25, 0.3) is 0 Å². The molecule has 0 aliphatic rings. The minimum atomic E-state index is -0.647. The van der Waals surface area contributed by atoms with Crippen LogP contribution in [0, 0.1) is 0 Å². The average Bonchev–Trinajstić information content (AvgIpc) is 2.47. The van der Waals surface area contributed by atoms with Gasteiger partial charge in [-0.25, -0.2) is 0 Å². The quantitative estimate of drug-likeness (QED) is 0.902. The molecule has 2 atom stereocenters. The number of amides is 1. The number of carbonyl (C=O) groups excluding carboxylic acids is 1. The minimum Gasteiger partial charge on any atom is -0.348 e. The van der Waals surface area contributed by atoms with E-state index in [2.05, 4.69) is 21.2 Å². The Morgan fingerprint density at radius 1 is 1.10 bits per heavy atom. The highest BCUT2D eigenvalue weighted by molar-refractivity contribution is 9.10. The van der Waals surface area contributed by atoms with Gasteiger partial charge in [0.05, 0.1) is 6.04 Å². The fraction of sp³-hybridized carbons (Fsp3) is 0.188. The number of nitrogens with one attached hydrogen (secondary N) is 1. The highest BCUT2D eigenvalue weighted by Gasteiger charge is 2.18. The fourth-order valence-corrected chi connectivity index (χ4v) is 2.39. The summed E-state index contributed by atoms with van der Waals surface area (Å²) in [4.78, 5) is 12.2. The molecule has 4 heteroatoms. The zero-order valence-corrected chi connectivity index (χ0v) is 12.8. The second-order valence-electron chi connectivity index (χ2n) is 4.67. The number of carbonyl (C=O) groups is 1. The van der Waals surface area contributed by atoms with Crippen LogP contribution < -0.4 is 11.1 Å². The van der Waals surface area contributed by atoms with Gasteiger partial charge in [0, 0.05) is 4.47 Å². The number of halogens is 1. The Labute approximate surface area is 127 Å². The molecule has 0 aliphatic heterocycles. The lowest BCUT2D eigenvalue weighted by atomic mass is 10.1. The maximum atomic E-state index is 12.2. The van der Waals surface area contributed by atoms with E-state index in [1.165, 1.54) is 0 Å². The highest BCUT2D eigenvalue weighted by atomic mass is 79.9. The molecule has 20 heavy (non-hydrogen) atoms. The van der Waals surface area contributed by atoms with E-state index < -0.39 is 6.04 Å². The fourth-order valence-electron chi connectivity index (χ4n) is 1.97. The smallest absolute Gasteiger partial charge is 0.241 e. The highest BCUT2D eigenvalue weighted by Crippen LogP contribution is 2.19. The molecule has 2 aromatic carbocycles. The first-order valence-electron chi connectivity index (χ1n) is 6.44. The van der Waals surface area contributed by atoms with Gasteiger partial charge in [0.2, 0.25) is 5.91 Å². The van der Waals surface area contributed by atoms with E-state index in [1.54, 1.807) is 0 Å². The van der Waals surface area contributed by atoms with E-state index in [1.807, 2.05) is 61.5 Å². The maximum Gasteiger partial charge on any atom is 0.241 e. The molecule has 1 amide bonds. The van der Waals surface area contributed by atoms with Crippen LogP contribution in [0.3, 0.4) is 0 Å². The van der Waals surface area contributed by atoms with Crippen LogP contribution in [0.4, 0.5) is 0 Å². The van der Waals surface area contributed by atoms with Crippen molar-refractivity contribution in [1.29, 1.82) is 0 Å². The molecule has 0 spiro atoms. The summed E-state index contributed by atoms with van der Waals surface area (Å²) in [5.41, 5.74) is 7.82. The van der Waals surface area contributed by atoms with Crippen LogP contribution in [0.2, 0.25) is 0 Å². The molecule has 0 saturated carbocycles. The molecular formula is C16H17BrN2O. The minimum absolute atomic E-state index is 0.0882. The molecule has 0 saturated heterocycles. The van der Waals surface area contributed by atoms with Crippen molar-refractivity contribution >= 4 is 21.8 Å². The predicted octanol–water partition coefficient (Wildman–Crippen LogP) is 3.33. The predicted molar refractivity (Wildman–Crippen MR) is 84.1 cm³/mol. The van der Waals surface area contributed by atoms with Gasteiger partial charge in [0.25, 0.3) is 0 Å². The van der Waals surface area contributed by atoms with Crippen LogP contribution in [0.1, 0.15) is 30.1 Å². The normalized spacial score (nSPS) is 13.6. The van der Waals surface area contributed by atoms with Crippen molar-refractivity contribution in [2.45, 2.75) is 19.0 Å². The van der Waals surface area contributed by atoms with Crippen molar-refractivity contribution in [3.63, 3.8) is 0 Å². The van der Waals surface area contributed by atoms with Gasteiger partial charge in [-0.1, -0.05) is 58.4 Å². The first-order valence-corrected chi connectivity index (χ1v) is 7.23. The van der Waals surface area contributed by atoms with Crippen LogP contribution in [0.5, 0.6) is 0 Å². The number of nitrogens with two attached hydrogens (primary N) is 1. The van der Waals surface area contributed by atoms with Crippen molar-refractivity contribution in [3.8, 4) is 0 Å². The molecule has 0 radical (unpaired) electrons. The summed E-state index contributed by atoms with van der Waals surface area (Å²) in [6.07, 6.45) is 0. The van der Waals surface area contributed by atoms with Crippen molar-refractivity contribution in [1.82, 2.24) is 5.32 Å². The van der Waals surface area contributed by atoms with E-state index in [4.69, 9.17) is 5.73 Å².